The highest BCUT2D eigenvalue weighted by atomic mass is 35.5. The van der Waals surface area contributed by atoms with E-state index in [4.69, 9.17) is 11.6 Å². The van der Waals surface area contributed by atoms with Gasteiger partial charge in [-0.15, -0.1) is 0 Å². The van der Waals surface area contributed by atoms with E-state index in [1.807, 2.05) is 12.1 Å². The zero-order valence-electron chi connectivity index (χ0n) is 10.1. The van der Waals surface area contributed by atoms with Gasteiger partial charge in [-0.3, -0.25) is 9.78 Å². The number of aromatic nitrogens is 1. The highest BCUT2D eigenvalue weighted by molar-refractivity contribution is 6.31. The summed E-state index contributed by atoms with van der Waals surface area (Å²) in [4.78, 5) is 16.2. The number of ketones is 1. The van der Waals surface area contributed by atoms with Gasteiger partial charge in [0.25, 0.3) is 0 Å². The average molecular weight is 248 g/mol. The molecule has 88 valence electrons. The van der Waals surface area contributed by atoms with E-state index in [9.17, 15) is 4.79 Å². The van der Waals surface area contributed by atoms with Crippen molar-refractivity contribution in [2.75, 3.05) is 0 Å². The van der Waals surface area contributed by atoms with Gasteiger partial charge in [-0.05, 0) is 37.1 Å². The molecule has 17 heavy (non-hydrogen) atoms. The van der Waals surface area contributed by atoms with Gasteiger partial charge in [0.15, 0.2) is 5.78 Å². The SMILES string of the molecule is CC(=O)c1cc(C(C)C)nc2ccc(Cl)cc12. The van der Waals surface area contributed by atoms with Crippen molar-refractivity contribution < 1.29 is 4.79 Å². The van der Waals surface area contributed by atoms with Crippen LogP contribution in [0.5, 0.6) is 0 Å². The Morgan fingerprint density at radius 1 is 1.29 bits per heavy atom. The number of nitrogens with zero attached hydrogens (tertiary/aromatic N) is 1. The summed E-state index contributed by atoms with van der Waals surface area (Å²) in [6.07, 6.45) is 0. The van der Waals surface area contributed by atoms with Gasteiger partial charge in [0.1, 0.15) is 0 Å². The van der Waals surface area contributed by atoms with Crippen molar-refractivity contribution >= 4 is 28.3 Å². The first-order valence-corrected chi connectivity index (χ1v) is 5.98. The number of hydrogen-bond acceptors (Lipinski definition) is 2. The van der Waals surface area contributed by atoms with Crippen molar-refractivity contribution in [3.05, 3.63) is 40.5 Å². The molecule has 0 aliphatic heterocycles. The van der Waals surface area contributed by atoms with Gasteiger partial charge in [-0.2, -0.15) is 0 Å². The van der Waals surface area contributed by atoms with Gasteiger partial charge in [0.2, 0.25) is 0 Å². The number of Topliss-reactive ketones (excluding diaryl/α,β-unsaturated/α-hetero) is 1. The minimum absolute atomic E-state index is 0.0431. The van der Waals surface area contributed by atoms with Crippen molar-refractivity contribution in [2.24, 2.45) is 0 Å². The van der Waals surface area contributed by atoms with Gasteiger partial charge < -0.3 is 0 Å². The molecule has 0 aliphatic carbocycles. The topological polar surface area (TPSA) is 30.0 Å². The Kier molecular flexibility index (Phi) is 3.16. The number of rotatable bonds is 2. The summed E-state index contributed by atoms with van der Waals surface area (Å²) in [5.41, 5.74) is 2.46. The van der Waals surface area contributed by atoms with E-state index in [1.54, 1.807) is 19.1 Å². The normalized spacial score (nSPS) is 11.1. The van der Waals surface area contributed by atoms with Crippen molar-refractivity contribution in [2.45, 2.75) is 26.7 Å². The first-order valence-electron chi connectivity index (χ1n) is 5.60. The third-order valence-electron chi connectivity index (χ3n) is 2.76. The Balaban J connectivity index is 2.81. The second kappa shape index (κ2) is 4.46. The molecule has 1 aromatic carbocycles. The smallest absolute Gasteiger partial charge is 0.160 e. The van der Waals surface area contributed by atoms with E-state index < -0.39 is 0 Å². The number of fused-ring (bicyclic) bond motifs is 1. The molecule has 0 N–H and O–H groups in total. The fourth-order valence-electron chi connectivity index (χ4n) is 1.81. The van der Waals surface area contributed by atoms with Gasteiger partial charge >= 0.3 is 0 Å². The molecular weight excluding hydrogens is 234 g/mol. The van der Waals surface area contributed by atoms with Gasteiger partial charge in [0.05, 0.1) is 5.52 Å². The summed E-state index contributed by atoms with van der Waals surface area (Å²) in [5.74, 6) is 0.342. The molecule has 0 saturated carbocycles. The molecule has 0 spiro atoms. The monoisotopic (exact) mass is 247 g/mol. The second-order valence-electron chi connectivity index (χ2n) is 4.47. The summed E-state index contributed by atoms with van der Waals surface area (Å²) >= 11 is 5.96. The van der Waals surface area contributed by atoms with Crippen LogP contribution in [0.1, 0.15) is 42.7 Å². The lowest BCUT2D eigenvalue weighted by Crippen LogP contribution is -2.01. The Bertz CT molecular complexity index is 590. The lowest BCUT2D eigenvalue weighted by molar-refractivity contribution is 0.101. The molecule has 0 bridgehead atoms. The summed E-state index contributed by atoms with van der Waals surface area (Å²) in [7, 11) is 0. The first-order chi connectivity index (χ1) is 7.99. The Labute approximate surface area is 106 Å². The van der Waals surface area contributed by atoms with Crippen LogP contribution in [0, 0.1) is 0 Å². The number of carbonyl (C=O) groups excluding carboxylic acids is 1. The summed E-state index contributed by atoms with van der Waals surface area (Å²) in [6.45, 7) is 5.70. The quantitative estimate of drug-likeness (QED) is 0.744. The van der Waals surface area contributed by atoms with E-state index in [0.29, 0.717) is 16.5 Å². The highest BCUT2D eigenvalue weighted by Crippen LogP contribution is 2.25. The van der Waals surface area contributed by atoms with Gasteiger partial charge in [-0.1, -0.05) is 25.4 Å². The van der Waals surface area contributed by atoms with Crippen LogP contribution in [0.2, 0.25) is 5.02 Å². The van der Waals surface area contributed by atoms with E-state index in [1.165, 1.54) is 0 Å². The summed E-state index contributed by atoms with van der Waals surface area (Å²) in [6, 6.07) is 7.32. The number of benzene rings is 1. The van der Waals surface area contributed by atoms with Crippen LogP contribution in [0.25, 0.3) is 10.9 Å². The predicted octanol–water partition coefficient (Wildman–Crippen LogP) is 4.21. The third-order valence-corrected chi connectivity index (χ3v) is 3.00. The molecule has 0 amide bonds. The molecular formula is C14H14ClNO. The molecule has 0 fully saturated rings. The van der Waals surface area contributed by atoms with Crippen LogP contribution in [0.15, 0.2) is 24.3 Å². The van der Waals surface area contributed by atoms with Crippen molar-refractivity contribution in [1.29, 1.82) is 0 Å². The van der Waals surface area contributed by atoms with Crippen LogP contribution in [-0.2, 0) is 0 Å². The number of carbonyl (C=O) groups is 1. The lowest BCUT2D eigenvalue weighted by Gasteiger charge is -2.10. The molecule has 3 heteroatoms. The molecule has 0 radical (unpaired) electrons. The largest absolute Gasteiger partial charge is 0.294 e. The van der Waals surface area contributed by atoms with Crippen LogP contribution in [0.4, 0.5) is 0 Å². The maximum absolute atomic E-state index is 11.7. The maximum Gasteiger partial charge on any atom is 0.160 e. The molecule has 1 heterocycles. The van der Waals surface area contributed by atoms with E-state index in [2.05, 4.69) is 18.8 Å². The lowest BCUT2D eigenvalue weighted by atomic mass is 10.0. The van der Waals surface area contributed by atoms with Gasteiger partial charge in [0, 0.05) is 21.7 Å². The molecule has 0 aliphatic rings. The van der Waals surface area contributed by atoms with Crippen LogP contribution >= 0.6 is 11.6 Å². The van der Waals surface area contributed by atoms with E-state index in [-0.39, 0.29) is 5.78 Å². The first kappa shape index (κ1) is 12.1. The zero-order valence-corrected chi connectivity index (χ0v) is 10.9. The zero-order chi connectivity index (χ0) is 12.6. The Morgan fingerprint density at radius 2 is 2.00 bits per heavy atom. The van der Waals surface area contributed by atoms with Crippen LogP contribution < -0.4 is 0 Å². The molecule has 2 nitrogen and oxygen atoms in total. The summed E-state index contributed by atoms with van der Waals surface area (Å²) in [5, 5.41) is 1.45. The van der Waals surface area contributed by atoms with Gasteiger partial charge in [-0.25, -0.2) is 0 Å². The molecule has 0 atom stereocenters. The minimum Gasteiger partial charge on any atom is -0.294 e. The van der Waals surface area contributed by atoms with Crippen molar-refractivity contribution in [3.63, 3.8) is 0 Å². The highest BCUT2D eigenvalue weighted by Gasteiger charge is 2.11. The second-order valence-corrected chi connectivity index (χ2v) is 4.90. The fourth-order valence-corrected chi connectivity index (χ4v) is 1.98. The number of pyridine rings is 1. The Morgan fingerprint density at radius 3 is 2.59 bits per heavy atom. The minimum atomic E-state index is 0.0431. The predicted molar refractivity (Wildman–Crippen MR) is 70.8 cm³/mol. The molecule has 0 unspecified atom stereocenters. The molecule has 2 rings (SSSR count). The number of halogens is 1. The van der Waals surface area contributed by atoms with Crippen LogP contribution in [0.3, 0.4) is 0 Å². The van der Waals surface area contributed by atoms with Crippen molar-refractivity contribution in [3.8, 4) is 0 Å². The molecule has 2 aromatic rings. The van der Waals surface area contributed by atoms with E-state index >= 15 is 0 Å². The third kappa shape index (κ3) is 2.32. The molecule has 0 saturated heterocycles. The average Bonchev–Trinajstić information content (AvgIpc) is 2.27. The van der Waals surface area contributed by atoms with Crippen molar-refractivity contribution in [1.82, 2.24) is 4.98 Å². The van der Waals surface area contributed by atoms with Crippen LogP contribution in [-0.4, -0.2) is 10.8 Å². The number of hydrogen-bond donors (Lipinski definition) is 0. The Hall–Kier alpha value is -1.41. The standard InChI is InChI=1S/C14H14ClNO/c1-8(2)14-7-11(9(3)17)12-6-10(15)4-5-13(12)16-14/h4-8H,1-3H3. The maximum atomic E-state index is 11.7. The fraction of sp³-hybridized carbons (Fsp3) is 0.286. The molecule has 1 aromatic heterocycles. The van der Waals surface area contributed by atoms with E-state index in [0.717, 1.165) is 16.6 Å². The summed E-state index contributed by atoms with van der Waals surface area (Å²) < 4.78 is 0.